The Morgan fingerprint density at radius 3 is 2.89 bits per heavy atom. The number of hydrogen-bond donors (Lipinski definition) is 2. The number of rotatable bonds is 5. The summed E-state index contributed by atoms with van der Waals surface area (Å²) in [7, 11) is 0. The van der Waals surface area contributed by atoms with Crippen molar-refractivity contribution >= 4 is 11.6 Å². The maximum Gasteiger partial charge on any atom is 0.255 e. The minimum atomic E-state index is -0.120. The lowest BCUT2D eigenvalue weighted by molar-refractivity contribution is 0.102. The third kappa shape index (κ3) is 4.06. The van der Waals surface area contributed by atoms with Crippen LogP contribution in [0.2, 0.25) is 0 Å². The molecule has 6 heteroatoms. The number of aryl methyl sites for hydroxylation is 1. The number of carbonyl (C=O) groups is 1. The monoisotopic (exact) mass is 361 g/mol. The Kier molecular flexibility index (Phi) is 4.98. The molecule has 1 atom stereocenters. The molecule has 6 nitrogen and oxygen atoms in total. The molecule has 138 valence electrons. The van der Waals surface area contributed by atoms with Gasteiger partial charge in [-0.15, -0.1) is 5.10 Å². The van der Waals surface area contributed by atoms with Gasteiger partial charge in [0.1, 0.15) is 5.69 Å². The largest absolute Gasteiger partial charge is 0.322 e. The standard InChI is InChI=1S/C21H23N5O/c1-15-7-8-17(11-19(15)21(27)23-18-5-3-2-4-6-18)20-14-26(25-24-20)13-16-9-10-22-12-16/h2-8,11,14,16,22H,9-10,12-13H2,1H3,(H,23,27). The zero-order valence-electron chi connectivity index (χ0n) is 15.4. The molecule has 3 aromatic rings. The van der Waals surface area contributed by atoms with Gasteiger partial charge >= 0.3 is 0 Å². The highest BCUT2D eigenvalue weighted by Gasteiger charge is 2.17. The third-order valence-electron chi connectivity index (χ3n) is 4.96. The molecule has 2 aromatic carbocycles. The predicted octanol–water partition coefficient (Wildman–Crippen LogP) is 3.12. The van der Waals surface area contributed by atoms with E-state index >= 15 is 0 Å². The van der Waals surface area contributed by atoms with Crippen molar-refractivity contribution in [3.05, 3.63) is 65.9 Å². The number of nitrogens with one attached hydrogen (secondary N) is 2. The van der Waals surface area contributed by atoms with E-state index in [9.17, 15) is 4.79 Å². The Morgan fingerprint density at radius 2 is 2.11 bits per heavy atom. The first-order valence-electron chi connectivity index (χ1n) is 9.27. The average molecular weight is 361 g/mol. The third-order valence-corrected chi connectivity index (χ3v) is 4.96. The van der Waals surface area contributed by atoms with Crippen LogP contribution in [0.3, 0.4) is 0 Å². The second-order valence-corrected chi connectivity index (χ2v) is 7.03. The quantitative estimate of drug-likeness (QED) is 0.732. The van der Waals surface area contributed by atoms with E-state index in [2.05, 4.69) is 20.9 Å². The first kappa shape index (κ1) is 17.4. The minimum Gasteiger partial charge on any atom is -0.322 e. The number of amides is 1. The van der Waals surface area contributed by atoms with Crippen LogP contribution >= 0.6 is 0 Å². The van der Waals surface area contributed by atoms with Gasteiger partial charge in [0.15, 0.2) is 0 Å². The van der Waals surface area contributed by atoms with Crippen molar-refractivity contribution in [2.45, 2.75) is 19.9 Å². The van der Waals surface area contributed by atoms with Gasteiger partial charge in [-0.1, -0.05) is 35.5 Å². The second-order valence-electron chi connectivity index (χ2n) is 7.03. The Morgan fingerprint density at radius 1 is 1.26 bits per heavy atom. The maximum absolute atomic E-state index is 12.7. The molecule has 1 aliphatic heterocycles. The van der Waals surface area contributed by atoms with Crippen LogP contribution in [0, 0.1) is 12.8 Å². The molecule has 1 fully saturated rings. The van der Waals surface area contributed by atoms with Crippen molar-refractivity contribution in [2.75, 3.05) is 18.4 Å². The van der Waals surface area contributed by atoms with Crippen molar-refractivity contribution in [2.24, 2.45) is 5.92 Å². The van der Waals surface area contributed by atoms with Gasteiger partial charge in [-0.05, 0) is 56.1 Å². The van der Waals surface area contributed by atoms with Crippen LogP contribution in [0.1, 0.15) is 22.3 Å². The fraction of sp³-hybridized carbons (Fsp3) is 0.286. The minimum absolute atomic E-state index is 0.120. The van der Waals surface area contributed by atoms with Crippen molar-refractivity contribution in [1.82, 2.24) is 20.3 Å². The van der Waals surface area contributed by atoms with Crippen LogP contribution in [0.5, 0.6) is 0 Å². The Bertz CT molecular complexity index is 929. The van der Waals surface area contributed by atoms with Gasteiger partial charge in [-0.2, -0.15) is 0 Å². The summed E-state index contributed by atoms with van der Waals surface area (Å²) in [5.41, 5.74) is 4.04. The molecule has 0 spiro atoms. The van der Waals surface area contributed by atoms with Gasteiger partial charge in [0, 0.05) is 23.4 Å². The molecule has 0 aliphatic carbocycles. The lowest BCUT2D eigenvalue weighted by Gasteiger charge is -2.09. The number of hydrogen-bond acceptors (Lipinski definition) is 4. The summed E-state index contributed by atoms with van der Waals surface area (Å²) >= 11 is 0. The summed E-state index contributed by atoms with van der Waals surface area (Å²) in [6, 6.07) is 15.3. The van der Waals surface area contributed by atoms with E-state index in [0.29, 0.717) is 11.5 Å². The van der Waals surface area contributed by atoms with Gasteiger partial charge in [0.05, 0.1) is 6.20 Å². The molecule has 0 saturated carbocycles. The second kappa shape index (κ2) is 7.72. The van der Waals surface area contributed by atoms with E-state index in [1.165, 1.54) is 6.42 Å². The molecule has 2 N–H and O–H groups in total. The van der Waals surface area contributed by atoms with E-state index in [1.54, 1.807) is 0 Å². The SMILES string of the molecule is Cc1ccc(-c2cn(CC3CCNC3)nn2)cc1C(=O)Nc1ccccc1. The summed E-state index contributed by atoms with van der Waals surface area (Å²) in [5, 5.41) is 14.9. The Labute approximate surface area is 158 Å². The van der Waals surface area contributed by atoms with Crippen molar-refractivity contribution in [3.8, 4) is 11.3 Å². The van der Waals surface area contributed by atoms with E-state index in [1.807, 2.05) is 66.3 Å². The Hall–Kier alpha value is -2.99. The number of para-hydroxylation sites is 1. The number of nitrogens with zero attached hydrogens (tertiary/aromatic N) is 3. The van der Waals surface area contributed by atoms with Crippen LogP contribution < -0.4 is 10.6 Å². The van der Waals surface area contributed by atoms with Gasteiger partial charge < -0.3 is 10.6 Å². The summed E-state index contributed by atoms with van der Waals surface area (Å²) in [5.74, 6) is 0.481. The number of carbonyl (C=O) groups excluding carboxylic acids is 1. The molecule has 1 aromatic heterocycles. The predicted molar refractivity (Wildman–Crippen MR) is 106 cm³/mol. The average Bonchev–Trinajstić information content (AvgIpc) is 3.35. The molecular weight excluding hydrogens is 338 g/mol. The van der Waals surface area contributed by atoms with E-state index in [4.69, 9.17) is 0 Å². The summed E-state index contributed by atoms with van der Waals surface area (Å²) in [6.45, 7) is 4.91. The molecule has 1 saturated heterocycles. The highest BCUT2D eigenvalue weighted by Crippen LogP contribution is 2.22. The lowest BCUT2D eigenvalue weighted by atomic mass is 10.0. The molecular formula is C21H23N5O. The molecule has 0 radical (unpaired) electrons. The molecule has 27 heavy (non-hydrogen) atoms. The van der Waals surface area contributed by atoms with Crippen LogP contribution in [0.25, 0.3) is 11.3 Å². The zero-order valence-corrected chi connectivity index (χ0v) is 15.4. The summed E-state index contributed by atoms with van der Waals surface area (Å²) in [4.78, 5) is 12.7. The van der Waals surface area contributed by atoms with Crippen molar-refractivity contribution in [3.63, 3.8) is 0 Å². The van der Waals surface area contributed by atoms with Crippen LogP contribution in [-0.4, -0.2) is 34.0 Å². The molecule has 1 aliphatic rings. The first-order valence-corrected chi connectivity index (χ1v) is 9.27. The Balaban J connectivity index is 1.53. The highest BCUT2D eigenvalue weighted by atomic mass is 16.1. The fourth-order valence-corrected chi connectivity index (χ4v) is 3.40. The summed E-state index contributed by atoms with van der Waals surface area (Å²) in [6.07, 6.45) is 3.13. The van der Waals surface area contributed by atoms with Crippen molar-refractivity contribution in [1.29, 1.82) is 0 Å². The van der Waals surface area contributed by atoms with E-state index in [-0.39, 0.29) is 5.91 Å². The zero-order chi connectivity index (χ0) is 18.6. The molecule has 4 rings (SSSR count). The van der Waals surface area contributed by atoms with Crippen LogP contribution in [0.4, 0.5) is 5.69 Å². The summed E-state index contributed by atoms with van der Waals surface area (Å²) < 4.78 is 1.90. The number of benzene rings is 2. The van der Waals surface area contributed by atoms with E-state index < -0.39 is 0 Å². The molecule has 1 amide bonds. The number of aromatic nitrogens is 3. The normalized spacial score (nSPS) is 16.4. The highest BCUT2D eigenvalue weighted by molar-refractivity contribution is 6.05. The van der Waals surface area contributed by atoms with Gasteiger partial charge in [0.2, 0.25) is 0 Å². The van der Waals surface area contributed by atoms with Crippen LogP contribution in [-0.2, 0) is 6.54 Å². The first-order chi connectivity index (χ1) is 13.2. The number of anilines is 1. The maximum atomic E-state index is 12.7. The van der Waals surface area contributed by atoms with Gasteiger partial charge in [-0.25, -0.2) is 0 Å². The van der Waals surface area contributed by atoms with Gasteiger partial charge in [-0.3, -0.25) is 9.48 Å². The molecule has 2 heterocycles. The lowest BCUT2D eigenvalue weighted by Crippen LogP contribution is -2.14. The smallest absolute Gasteiger partial charge is 0.255 e. The molecule has 0 bridgehead atoms. The van der Waals surface area contributed by atoms with Crippen LogP contribution in [0.15, 0.2) is 54.7 Å². The van der Waals surface area contributed by atoms with Gasteiger partial charge in [0.25, 0.3) is 5.91 Å². The van der Waals surface area contributed by atoms with E-state index in [0.717, 1.165) is 42.1 Å². The topological polar surface area (TPSA) is 71.8 Å². The fourth-order valence-electron chi connectivity index (χ4n) is 3.40. The van der Waals surface area contributed by atoms with Crippen molar-refractivity contribution < 1.29 is 4.79 Å². The molecule has 1 unspecified atom stereocenters.